The minimum atomic E-state index is 0.0510. The highest BCUT2D eigenvalue weighted by atomic mass is 16.3. The molecule has 2 aliphatic rings. The first kappa shape index (κ1) is 22.7. The summed E-state index contributed by atoms with van der Waals surface area (Å²) in [7, 11) is 0. The van der Waals surface area contributed by atoms with E-state index in [0.29, 0.717) is 17.5 Å². The SMILES string of the molecule is Cc1ccccc1-c1cc(C(=O)N2CCC(N3CCCC(CO)C3)CC2)cc(-n2cnnn2)c1. The maximum absolute atomic E-state index is 13.6. The summed E-state index contributed by atoms with van der Waals surface area (Å²) in [6.07, 6.45) is 5.76. The van der Waals surface area contributed by atoms with Gasteiger partial charge < -0.3 is 10.0 Å². The second-order valence-electron chi connectivity index (χ2n) is 9.55. The van der Waals surface area contributed by atoms with Crippen LogP contribution >= 0.6 is 0 Å². The summed E-state index contributed by atoms with van der Waals surface area (Å²) in [6, 6.07) is 14.6. The summed E-state index contributed by atoms with van der Waals surface area (Å²) >= 11 is 0. The molecule has 0 saturated carbocycles. The van der Waals surface area contributed by atoms with Crippen molar-refractivity contribution in [3.8, 4) is 16.8 Å². The van der Waals surface area contributed by atoms with E-state index in [1.54, 1.807) is 11.0 Å². The molecular weight excluding hydrogens is 428 g/mol. The van der Waals surface area contributed by atoms with Crippen molar-refractivity contribution >= 4 is 5.91 Å². The zero-order valence-electron chi connectivity index (χ0n) is 19.7. The van der Waals surface area contributed by atoms with Crippen LogP contribution in [0.25, 0.3) is 16.8 Å². The molecule has 5 rings (SSSR count). The molecule has 1 atom stereocenters. The Hall–Kier alpha value is -3.10. The van der Waals surface area contributed by atoms with Gasteiger partial charge in [0.05, 0.1) is 5.69 Å². The molecule has 8 nitrogen and oxygen atoms in total. The average molecular weight is 461 g/mol. The maximum atomic E-state index is 13.6. The topological polar surface area (TPSA) is 87.4 Å². The Morgan fingerprint density at radius 3 is 2.65 bits per heavy atom. The summed E-state index contributed by atoms with van der Waals surface area (Å²) in [6.45, 7) is 5.92. The molecule has 0 spiro atoms. The number of tetrazole rings is 1. The van der Waals surface area contributed by atoms with E-state index in [1.165, 1.54) is 0 Å². The second kappa shape index (κ2) is 10.0. The number of piperidine rings is 2. The minimum absolute atomic E-state index is 0.0510. The van der Waals surface area contributed by atoms with Gasteiger partial charge in [-0.1, -0.05) is 24.3 Å². The van der Waals surface area contributed by atoms with Crippen molar-refractivity contribution in [1.29, 1.82) is 0 Å². The van der Waals surface area contributed by atoms with Crippen molar-refractivity contribution in [1.82, 2.24) is 30.0 Å². The fourth-order valence-electron chi connectivity index (χ4n) is 5.39. The zero-order chi connectivity index (χ0) is 23.5. The Morgan fingerprint density at radius 1 is 1.09 bits per heavy atom. The number of carbonyl (C=O) groups is 1. The molecule has 2 aliphatic heterocycles. The van der Waals surface area contributed by atoms with E-state index in [4.69, 9.17) is 0 Å². The Bertz CT molecular complexity index is 1120. The summed E-state index contributed by atoms with van der Waals surface area (Å²) in [5.41, 5.74) is 4.65. The Labute approximate surface area is 200 Å². The lowest BCUT2D eigenvalue weighted by Gasteiger charge is -2.42. The number of hydrogen-bond acceptors (Lipinski definition) is 6. The van der Waals surface area contributed by atoms with Gasteiger partial charge in [-0.05, 0) is 90.4 Å². The number of aliphatic hydroxyl groups is 1. The van der Waals surface area contributed by atoms with Crippen molar-refractivity contribution < 1.29 is 9.90 Å². The predicted octanol–water partition coefficient (Wildman–Crippen LogP) is 2.95. The lowest BCUT2D eigenvalue weighted by Crippen LogP contribution is -2.50. The van der Waals surface area contributed by atoms with Crippen LogP contribution in [0.1, 0.15) is 41.6 Å². The molecule has 1 amide bonds. The van der Waals surface area contributed by atoms with E-state index in [1.807, 2.05) is 35.2 Å². The lowest BCUT2D eigenvalue weighted by atomic mass is 9.94. The van der Waals surface area contributed by atoms with Crippen molar-refractivity contribution in [2.24, 2.45) is 5.92 Å². The summed E-state index contributed by atoms with van der Waals surface area (Å²) in [4.78, 5) is 18.1. The average Bonchev–Trinajstić information content (AvgIpc) is 3.44. The van der Waals surface area contributed by atoms with Crippen LogP contribution < -0.4 is 0 Å². The first-order valence-electron chi connectivity index (χ1n) is 12.2. The third-order valence-electron chi connectivity index (χ3n) is 7.31. The first-order valence-corrected chi connectivity index (χ1v) is 12.2. The predicted molar refractivity (Wildman–Crippen MR) is 130 cm³/mol. The molecule has 2 fully saturated rings. The molecule has 0 radical (unpaired) electrons. The number of likely N-dealkylation sites (tertiary alicyclic amines) is 2. The normalized spacial score (nSPS) is 19.9. The van der Waals surface area contributed by atoms with Gasteiger partial charge in [0.25, 0.3) is 5.91 Å². The van der Waals surface area contributed by atoms with Crippen molar-refractivity contribution in [3.63, 3.8) is 0 Å². The maximum Gasteiger partial charge on any atom is 0.253 e. The van der Waals surface area contributed by atoms with Crippen LogP contribution in [0.3, 0.4) is 0 Å². The van der Waals surface area contributed by atoms with Gasteiger partial charge in [0.2, 0.25) is 0 Å². The molecule has 178 valence electrons. The molecule has 0 bridgehead atoms. The standard InChI is InChI=1S/C26H32N6O2/c1-19-5-2-3-7-25(19)21-13-22(15-24(14-21)32-18-27-28-29-32)26(34)30-11-8-23(9-12-30)31-10-4-6-20(16-31)17-33/h2-3,5,7,13-15,18,20,23,33H,4,6,8-12,16-17H2,1H3. The molecule has 2 aromatic carbocycles. The van der Waals surface area contributed by atoms with E-state index in [2.05, 4.69) is 39.5 Å². The Morgan fingerprint density at radius 2 is 1.91 bits per heavy atom. The minimum Gasteiger partial charge on any atom is -0.396 e. The Balaban J connectivity index is 1.36. The number of aliphatic hydroxyl groups excluding tert-OH is 1. The summed E-state index contributed by atoms with van der Waals surface area (Å²) in [5.74, 6) is 0.442. The van der Waals surface area contributed by atoms with Gasteiger partial charge in [0, 0.05) is 37.8 Å². The smallest absolute Gasteiger partial charge is 0.253 e. The van der Waals surface area contributed by atoms with Crippen molar-refractivity contribution in [3.05, 3.63) is 59.9 Å². The molecule has 1 unspecified atom stereocenters. The van der Waals surface area contributed by atoms with E-state index < -0.39 is 0 Å². The molecule has 0 aliphatic carbocycles. The molecule has 1 aromatic heterocycles. The van der Waals surface area contributed by atoms with Crippen molar-refractivity contribution in [2.75, 3.05) is 32.8 Å². The van der Waals surface area contributed by atoms with Gasteiger partial charge in [-0.3, -0.25) is 9.69 Å². The van der Waals surface area contributed by atoms with Gasteiger partial charge in [0.15, 0.2) is 0 Å². The lowest BCUT2D eigenvalue weighted by molar-refractivity contribution is 0.0455. The van der Waals surface area contributed by atoms with Gasteiger partial charge in [0.1, 0.15) is 6.33 Å². The van der Waals surface area contributed by atoms with E-state index >= 15 is 0 Å². The highest BCUT2D eigenvalue weighted by Gasteiger charge is 2.30. The molecule has 2 saturated heterocycles. The summed E-state index contributed by atoms with van der Waals surface area (Å²) < 4.78 is 1.60. The van der Waals surface area contributed by atoms with Crippen LogP contribution in [-0.2, 0) is 0 Å². The van der Waals surface area contributed by atoms with Crippen LogP contribution in [0, 0.1) is 12.8 Å². The first-order chi connectivity index (χ1) is 16.6. The van der Waals surface area contributed by atoms with Crippen LogP contribution in [0.15, 0.2) is 48.8 Å². The number of hydrogen-bond donors (Lipinski definition) is 1. The molecule has 34 heavy (non-hydrogen) atoms. The van der Waals surface area contributed by atoms with Crippen molar-refractivity contribution in [2.45, 2.75) is 38.6 Å². The van der Waals surface area contributed by atoms with E-state index in [9.17, 15) is 9.90 Å². The monoisotopic (exact) mass is 460 g/mol. The van der Waals surface area contributed by atoms with Crippen LogP contribution in [0.2, 0.25) is 0 Å². The largest absolute Gasteiger partial charge is 0.396 e. The Kier molecular flexibility index (Phi) is 6.69. The van der Waals surface area contributed by atoms with E-state index in [0.717, 1.165) is 74.2 Å². The highest BCUT2D eigenvalue weighted by molar-refractivity contribution is 5.96. The fourth-order valence-corrected chi connectivity index (χ4v) is 5.39. The second-order valence-corrected chi connectivity index (χ2v) is 9.55. The quantitative estimate of drug-likeness (QED) is 0.630. The molecule has 1 N–H and O–H groups in total. The fraction of sp³-hybridized carbons (Fsp3) is 0.462. The highest BCUT2D eigenvalue weighted by Crippen LogP contribution is 2.29. The third-order valence-corrected chi connectivity index (χ3v) is 7.31. The number of rotatable bonds is 5. The molecule has 3 heterocycles. The van der Waals surface area contributed by atoms with Crippen LogP contribution in [0.5, 0.6) is 0 Å². The number of nitrogens with zero attached hydrogens (tertiary/aromatic N) is 6. The molecule has 3 aromatic rings. The number of carbonyl (C=O) groups excluding carboxylic acids is 1. The summed E-state index contributed by atoms with van der Waals surface area (Å²) in [5, 5.41) is 21.1. The third kappa shape index (κ3) is 4.74. The number of benzene rings is 2. The van der Waals surface area contributed by atoms with Gasteiger partial charge in [-0.2, -0.15) is 0 Å². The molecule has 8 heteroatoms. The van der Waals surface area contributed by atoms with Gasteiger partial charge in [-0.25, -0.2) is 4.68 Å². The van der Waals surface area contributed by atoms with Crippen LogP contribution in [-0.4, -0.2) is 79.8 Å². The van der Waals surface area contributed by atoms with Gasteiger partial charge >= 0.3 is 0 Å². The van der Waals surface area contributed by atoms with Gasteiger partial charge in [-0.15, -0.1) is 5.10 Å². The van der Waals surface area contributed by atoms with Crippen LogP contribution in [0.4, 0.5) is 0 Å². The zero-order valence-corrected chi connectivity index (χ0v) is 19.7. The number of aryl methyl sites for hydroxylation is 1. The van der Waals surface area contributed by atoms with E-state index in [-0.39, 0.29) is 12.5 Å². The molecular formula is C26H32N6O2. The number of aromatic nitrogens is 4. The number of amides is 1.